The second-order valence-corrected chi connectivity index (χ2v) is 7.99. The quantitative estimate of drug-likeness (QED) is 0.500. The molecular weight excluding hydrogens is 470 g/mol. The summed E-state index contributed by atoms with van der Waals surface area (Å²) < 4.78 is 33.1. The third-order valence-electron chi connectivity index (χ3n) is 5.33. The maximum atomic E-state index is 14.0. The molecule has 1 saturated carbocycles. The first-order valence-corrected chi connectivity index (χ1v) is 10.7. The van der Waals surface area contributed by atoms with E-state index in [1.54, 1.807) is 25.3 Å². The molecule has 1 fully saturated rings. The molecule has 160 valence electrons. The van der Waals surface area contributed by atoms with Crippen LogP contribution in [0.1, 0.15) is 23.5 Å². The van der Waals surface area contributed by atoms with Gasteiger partial charge in [0, 0.05) is 10.7 Å². The Hall–Kier alpha value is -2.94. The van der Waals surface area contributed by atoms with Crippen LogP contribution in [-0.2, 0) is 15.5 Å². The van der Waals surface area contributed by atoms with Gasteiger partial charge in [-0.15, -0.1) is 0 Å². The van der Waals surface area contributed by atoms with Crippen LogP contribution in [0, 0.1) is 24.5 Å². The average Bonchev–Trinajstić information content (AvgIpc) is 3.50. The van der Waals surface area contributed by atoms with Gasteiger partial charge in [0.25, 0.3) is 0 Å². The van der Waals surface area contributed by atoms with Crippen molar-refractivity contribution in [3.63, 3.8) is 0 Å². The van der Waals surface area contributed by atoms with Crippen molar-refractivity contribution in [2.24, 2.45) is 5.92 Å². The number of hydrogen-bond acceptors (Lipinski definition) is 5. The molecule has 2 heterocycles. The van der Waals surface area contributed by atoms with E-state index in [1.165, 1.54) is 24.3 Å². The third-order valence-corrected chi connectivity index (χ3v) is 5.86. The van der Waals surface area contributed by atoms with E-state index in [-0.39, 0.29) is 24.1 Å². The van der Waals surface area contributed by atoms with Gasteiger partial charge in [0.05, 0.1) is 30.6 Å². The smallest absolute Gasteiger partial charge is 0.229 e. The maximum Gasteiger partial charge on any atom is 0.229 e. The average molecular weight is 489 g/mol. The number of benzene rings is 1. The van der Waals surface area contributed by atoms with Crippen molar-refractivity contribution in [2.75, 3.05) is 11.9 Å². The number of carbonyl (C=O) groups excluding carboxylic acids is 1. The predicted octanol–water partition coefficient (Wildman–Crippen LogP) is 4.33. The molecule has 9 heteroatoms. The van der Waals surface area contributed by atoms with Gasteiger partial charge in [-0.3, -0.25) is 4.79 Å². The van der Waals surface area contributed by atoms with Crippen LogP contribution in [0.4, 0.5) is 14.6 Å². The summed E-state index contributed by atoms with van der Waals surface area (Å²) >= 11 is 3.39. The van der Waals surface area contributed by atoms with E-state index < -0.39 is 17.2 Å². The molecule has 6 nitrogen and oxygen atoms in total. The fourth-order valence-corrected chi connectivity index (χ4v) is 4.00. The van der Waals surface area contributed by atoms with Crippen LogP contribution in [-0.4, -0.2) is 27.5 Å². The van der Waals surface area contributed by atoms with E-state index in [1.807, 2.05) is 0 Å². The first-order valence-electron chi connectivity index (χ1n) is 9.61. The number of anilines is 1. The number of aromatic nitrogens is 3. The Balaban J connectivity index is 1.57. The van der Waals surface area contributed by atoms with Gasteiger partial charge in [-0.1, -0.05) is 28.1 Å². The number of nitrogens with zero attached hydrogens (tertiary/aromatic N) is 3. The minimum absolute atomic E-state index is 0.151. The molecule has 0 aliphatic heterocycles. The fourth-order valence-electron chi connectivity index (χ4n) is 3.60. The molecule has 1 N–H and O–H groups in total. The van der Waals surface area contributed by atoms with Gasteiger partial charge in [0.15, 0.2) is 5.75 Å². The lowest BCUT2D eigenvalue weighted by atomic mass is 9.93. The van der Waals surface area contributed by atoms with Gasteiger partial charge in [0.1, 0.15) is 23.3 Å². The summed E-state index contributed by atoms with van der Waals surface area (Å²) in [4.78, 5) is 25.3. The van der Waals surface area contributed by atoms with Crippen molar-refractivity contribution >= 4 is 27.7 Å². The van der Waals surface area contributed by atoms with Crippen molar-refractivity contribution in [3.8, 4) is 5.75 Å². The number of rotatable bonds is 7. The Labute approximate surface area is 186 Å². The molecule has 2 aromatic heterocycles. The highest BCUT2D eigenvalue weighted by Crippen LogP contribution is 2.55. The lowest BCUT2D eigenvalue weighted by molar-refractivity contribution is -0.117. The number of hydrogen-bond donors (Lipinski definition) is 1. The summed E-state index contributed by atoms with van der Waals surface area (Å²) in [5.74, 6) is -0.243. The van der Waals surface area contributed by atoms with E-state index in [0.29, 0.717) is 34.6 Å². The SMILES string of the molecule is Cc1ncc(OC[C@]2(c3cccc(F)c3)C[C@H]2C(=O)Nc2ccc(F)cn2)c(CBr)n1. The van der Waals surface area contributed by atoms with Gasteiger partial charge >= 0.3 is 0 Å². The van der Waals surface area contributed by atoms with Gasteiger partial charge in [-0.05, 0) is 43.2 Å². The van der Waals surface area contributed by atoms with E-state index in [0.717, 1.165) is 6.20 Å². The standard InChI is InChI=1S/C22H19BrF2N4O2/c1-13-26-11-19(18(9-23)28-13)31-12-22(14-3-2-4-15(24)7-14)8-17(22)21(30)29-20-6-5-16(25)10-27-20/h2-7,10-11,17H,8-9,12H2,1H3,(H,27,29,30)/t17-,22-/m0/s1. The zero-order valence-corrected chi connectivity index (χ0v) is 18.2. The predicted molar refractivity (Wildman–Crippen MR) is 114 cm³/mol. The molecule has 0 unspecified atom stereocenters. The molecule has 0 spiro atoms. The lowest BCUT2D eigenvalue weighted by Crippen LogP contribution is -2.27. The second-order valence-electron chi connectivity index (χ2n) is 7.42. The Morgan fingerprint density at radius 2 is 2.06 bits per heavy atom. The summed E-state index contributed by atoms with van der Waals surface area (Å²) in [7, 11) is 0. The molecular formula is C22H19BrF2N4O2. The second kappa shape index (κ2) is 8.66. The van der Waals surface area contributed by atoms with Gasteiger partial charge < -0.3 is 10.1 Å². The Morgan fingerprint density at radius 1 is 1.23 bits per heavy atom. The van der Waals surface area contributed by atoms with Gasteiger partial charge in [-0.2, -0.15) is 0 Å². The molecule has 3 aromatic rings. The van der Waals surface area contributed by atoms with Crippen LogP contribution in [0.3, 0.4) is 0 Å². The lowest BCUT2D eigenvalue weighted by Gasteiger charge is -2.20. The van der Waals surface area contributed by atoms with Crippen molar-refractivity contribution < 1.29 is 18.3 Å². The number of halogens is 3. The van der Waals surface area contributed by atoms with Crippen molar-refractivity contribution in [3.05, 3.63) is 77.5 Å². The van der Waals surface area contributed by atoms with Crippen molar-refractivity contribution in [1.29, 1.82) is 0 Å². The Kier molecular flexibility index (Phi) is 5.95. The molecule has 2 atom stereocenters. The monoisotopic (exact) mass is 488 g/mol. The highest BCUT2D eigenvalue weighted by molar-refractivity contribution is 9.08. The number of ether oxygens (including phenoxy) is 1. The zero-order chi connectivity index (χ0) is 22.0. The summed E-state index contributed by atoms with van der Waals surface area (Å²) in [6, 6.07) is 8.78. The topological polar surface area (TPSA) is 77.0 Å². The molecule has 1 aliphatic rings. The van der Waals surface area contributed by atoms with Crippen LogP contribution in [0.5, 0.6) is 5.75 Å². The number of amides is 1. The number of carbonyl (C=O) groups is 1. The maximum absolute atomic E-state index is 14.0. The molecule has 0 radical (unpaired) electrons. The minimum Gasteiger partial charge on any atom is -0.489 e. The van der Waals surface area contributed by atoms with Gasteiger partial charge in [-0.25, -0.2) is 23.7 Å². The molecule has 4 rings (SSSR count). The van der Waals surface area contributed by atoms with E-state index >= 15 is 0 Å². The molecule has 1 aromatic carbocycles. The molecule has 0 saturated heterocycles. The fraction of sp³-hybridized carbons (Fsp3) is 0.273. The minimum atomic E-state index is -0.708. The van der Waals surface area contributed by atoms with E-state index in [2.05, 4.69) is 36.2 Å². The Morgan fingerprint density at radius 3 is 2.77 bits per heavy atom. The third kappa shape index (κ3) is 4.56. The zero-order valence-electron chi connectivity index (χ0n) is 16.6. The van der Waals surface area contributed by atoms with Crippen LogP contribution < -0.4 is 10.1 Å². The molecule has 31 heavy (non-hydrogen) atoms. The highest BCUT2D eigenvalue weighted by atomic mass is 79.9. The molecule has 1 aliphatic carbocycles. The number of alkyl halides is 1. The summed E-state index contributed by atoms with van der Waals surface area (Å²) in [6.45, 7) is 1.94. The van der Waals surface area contributed by atoms with Crippen molar-refractivity contribution in [2.45, 2.75) is 24.1 Å². The normalized spacial score (nSPS) is 19.7. The summed E-state index contributed by atoms with van der Waals surface area (Å²) in [6.07, 6.45) is 3.10. The van der Waals surface area contributed by atoms with Crippen LogP contribution in [0.15, 0.2) is 48.8 Å². The van der Waals surface area contributed by atoms with Crippen LogP contribution in [0.25, 0.3) is 0 Å². The molecule has 1 amide bonds. The summed E-state index contributed by atoms with van der Waals surface area (Å²) in [5.41, 5.74) is 0.660. The van der Waals surface area contributed by atoms with Crippen LogP contribution in [0.2, 0.25) is 0 Å². The number of nitrogens with one attached hydrogen (secondary N) is 1. The molecule has 0 bridgehead atoms. The Bertz CT molecular complexity index is 1110. The highest BCUT2D eigenvalue weighted by Gasteiger charge is 2.60. The van der Waals surface area contributed by atoms with E-state index in [4.69, 9.17) is 4.74 Å². The van der Waals surface area contributed by atoms with Gasteiger partial charge in [0.2, 0.25) is 5.91 Å². The number of aryl methyl sites for hydroxylation is 1. The number of pyridine rings is 1. The van der Waals surface area contributed by atoms with E-state index in [9.17, 15) is 13.6 Å². The summed E-state index contributed by atoms with van der Waals surface area (Å²) in [5, 5.41) is 3.19. The first kappa shape index (κ1) is 21.3. The largest absolute Gasteiger partial charge is 0.489 e. The van der Waals surface area contributed by atoms with Crippen molar-refractivity contribution in [1.82, 2.24) is 15.0 Å². The first-order chi connectivity index (χ1) is 14.9. The van der Waals surface area contributed by atoms with Crippen LogP contribution >= 0.6 is 15.9 Å².